The molecule has 2 aromatic carbocycles. The van der Waals surface area contributed by atoms with Gasteiger partial charge in [-0.25, -0.2) is 14.8 Å². The highest BCUT2D eigenvalue weighted by Crippen LogP contribution is 2.46. The van der Waals surface area contributed by atoms with Crippen LogP contribution in [0.2, 0.25) is 0 Å². The van der Waals surface area contributed by atoms with E-state index < -0.39 is 0 Å². The molecule has 2 aliphatic rings. The van der Waals surface area contributed by atoms with E-state index in [1.165, 1.54) is 28.9 Å². The average Bonchev–Trinajstić information content (AvgIpc) is 2.90. The van der Waals surface area contributed by atoms with Gasteiger partial charge in [-0.1, -0.05) is 30.0 Å². The smallest absolute Gasteiger partial charge is 0.338 e. The summed E-state index contributed by atoms with van der Waals surface area (Å²) < 4.78 is 10.6. The van der Waals surface area contributed by atoms with Gasteiger partial charge < -0.3 is 9.47 Å². The summed E-state index contributed by atoms with van der Waals surface area (Å²) in [5.74, 6) is 1.27. The SMILES string of the molecule is CCOC(=O)c1ccc(CC2CCN(Cc3ccc4c(c3)N(COC)c3nccnc3S4)CC2)cc1. The molecule has 3 heterocycles. The molecule has 0 N–H and O–H groups in total. The van der Waals surface area contributed by atoms with Crippen molar-refractivity contribution in [3.63, 3.8) is 0 Å². The largest absolute Gasteiger partial charge is 0.462 e. The zero-order chi connectivity index (χ0) is 24.9. The number of hydrogen-bond donors (Lipinski definition) is 0. The second-order valence-electron chi connectivity index (χ2n) is 9.28. The van der Waals surface area contributed by atoms with Crippen molar-refractivity contribution in [1.29, 1.82) is 0 Å². The van der Waals surface area contributed by atoms with Gasteiger partial charge in [-0.15, -0.1) is 0 Å². The minimum atomic E-state index is -0.249. The van der Waals surface area contributed by atoms with E-state index in [2.05, 4.69) is 50.1 Å². The normalized spacial score (nSPS) is 15.9. The first-order valence-corrected chi connectivity index (χ1v) is 13.3. The first-order chi connectivity index (χ1) is 17.6. The molecular weight excluding hydrogens is 472 g/mol. The first-order valence-electron chi connectivity index (χ1n) is 12.5. The summed E-state index contributed by atoms with van der Waals surface area (Å²) in [7, 11) is 1.71. The Hall–Kier alpha value is -2.94. The predicted molar refractivity (Wildman–Crippen MR) is 141 cm³/mol. The Balaban J connectivity index is 1.18. The van der Waals surface area contributed by atoms with Gasteiger partial charge in [-0.05, 0) is 80.6 Å². The maximum atomic E-state index is 11.9. The number of aromatic nitrogens is 2. The molecule has 1 aromatic heterocycles. The zero-order valence-electron chi connectivity index (χ0n) is 20.9. The van der Waals surface area contributed by atoms with E-state index in [9.17, 15) is 4.79 Å². The van der Waals surface area contributed by atoms with Gasteiger partial charge in [-0.3, -0.25) is 9.80 Å². The van der Waals surface area contributed by atoms with Gasteiger partial charge in [-0.2, -0.15) is 0 Å². The van der Waals surface area contributed by atoms with Gasteiger partial charge in [0.2, 0.25) is 0 Å². The van der Waals surface area contributed by atoms with Crippen LogP contribution < -0.4 is 4.90 Å². The van der Waals surface area contributed by atoms with Gasteiger partial charge in [0.25, 0.3) is 0 Å². The van der Waals surface area contributed by atoms with Gasteiger partial charge >= 0.3 is 5.97 Å². The third-order valence-corrected chi connectivity index (χ3v) is 7.83. The average molecular weight is 505 g/mol. The van der Waals surface area contributed by atoms with Crippen LogP contribution in [-0.2, 0) is 22.4 Å². The summed E-state index contributed by atoms with van der Waals surface area (Å²) >= 11 is 1.66. The van der Waals surface area contributed by atoms with Crippen LogP contribution in [-0.4, -0.2) is 54.4 Å². The molecule has 3 aromatic rings. The number of methoxy groups -OCH3 is 1. The highest BCUT2D eigenvalue weighted by Gasteiger charge is 2.26. The van der Waals surface area contributed by atoms with E-state index >= 15 is 0 Å². The number of anilines is 2. The molecule has 0 bridgehead atoms. The Morgan fingerprint density at radius 1 is 1.06 bits per heavy atom. The minimum absolute atomic E-state index is 0.249. The number of ether oxygens (including phenoxy) is 2. The van der Waals surface area contributed by atoms with E-state index in [4.69, 9.17) is 9.47 Å². The lowest BCUT2D eigenvalue weighted by Gasteiger charge is -2.33. The van der Waals surface area contributed by atoms with Crippen LogP contribution in [0.4, 0.5) is 11.5 Å². The van der Waals surface area contributed by atoms with Crippen LogP contribution in [0.15, 0.2) is 64.8 Å². The Bertz CT molecular complexity index is 1200. The fraction of sp³-hybridized carbons (Fsp3) is 0.393. The van der Waals surface area contributed by atoms with Crippen molar-refractivity contribution in [3.8, 4) is 0 Å². The number of carbonyl (C=O) groups is 1. The highest BCUT2D eigenvalue weighted by atomic mass is 32.2. The van der Waals surface area contributed by atoms with Crippen LogP contribution >= 0.6 is 11.8 Å². The lowest BCUT2D eigenvalue weighted by molar-refractivity contribution is 0.0526. The molecule has 0 radical (unpaired) electrons. The third-order valence-electron chi connectivity index (χ3n) is 6.78. The van der Waals surface area contributed by atoms with E-state index in [0.29, 0.717) is 24.8 Å². The predicted octanol–water partition coefficient (Wildman–Crippen LogP) is 5.31. The summed E-state index contributed by atoms with van der Waals surface area (Å²) in [5, 5.41) is 0.910. The number of benzene rings is 2. The van der Waals surface area contributed by atoms with Crippen molar-refractivity contribution >= 4 is 29.2 Å². The molecule has 5 rings (SSSR count). The number of fused-ring (bicyclic) bond motifs is 2. The Labute approximate surface area is 216 Å². The fourth-order valence-corrected chi connectivity index (χ4v) is 5.93. The maximum Gasteiger partial charge on any atom is 0.338 e. The number of piperidine rings is 1. The fourth-order valence-electron chi connectivity index (χ4n) is 4.94. The Morgan fingerprint density at radius 3 is 2.56 bits per heavy atom. The molecule has 0 spiro atoms. The van der Waals surface area contributed by atoms with Gasteiger partial charge in [0.15, 0.2) is 5.82 Å². The highest BCUT2D eigenvalue weighted by molar-refractivity contribution is 7.99. The molecule has 0 atom stereocenters. The van der Waals surface area contributed by atoms with Crippen LogP contribution in [0.3, 0.4) is 0 Å². The number of esters is 1. The molecule has 0 aliphatic carbocycles. The molecule has 0 unspecified atom stereocenters. The Kier molecular flexibility index (Phi) is 7.84. The van der Waals surface area contributed by atoms with E-state index in [1.807, 2.05) is 19.1 Å². The van der Waals surface area contributed by atoms with Crippen molar-refractivity contribution in [2.24, 2.45) is 5.92 Å². The third kappa shape index (κ3) is 5.56. The molecule has 0 amide bonds. The summed E-state index contributed by atoms with van der Waals surface area (Å²) in [6, 6.07) is 14.6. The monoisotopic (exact) mass is 504 g/mol. The standard InChI is InChI=1S/C28H32N4O3S/c1-3-35-28(33)23-7-4-20(5-8-23)16-21-10-14-31(15-11-21)18-22-6-9-25-24(17-22)32(19-34-2)26-27(36-25)30-13-12-29-26/h4-9,12-13,17,21H,3,10-11,14-16,18-19H2,1-2H3. The van der Waals surface area contributed by atoms with Crippen molar-refractivity contribution in [2.75, 3.05) is 38.4 Å². The van der Waals surface area contributed by atoms with Gasteiger partial charge in [0.05, 0.1) is 17.9 Å². The second kappa shape index (κ2) is 11.4. The van der Waals surface area contributed by atoms with Crippen LogP contribution in [0.25, 0.3) is 0 Å². The molecule has 0 saturated carbocycles. The van der Waals surface area contributed by atoms with E-state index in [1.54, 1.807) is 31.3 Å². The van der Waals surface area contributed by atoms with E-state index in [0.717, 1.165) is 42.6 Å². The minimum Gasteiger partial charge on any atom is -0.462 e. The Morgan fingerprint density at radius 2 is 1.81 bits per heavy atom. The number of hydrogen-bond acceptors (Lipinski definition) is 8. The van der Waals surface area contributed by atoms with Gasteiger partial charge in [0, 0.05) is 30.9 Å². The molecule has 188 valence electrons. The number of rotatable bonds is 8. The van der Waals surface area contributed by atoms with E-state index in [-0.39, 0.29) is 5.97 Å². The quantitative estimate of drug-likeness (QED) is 0.382. The molecule has 36 heavy (non-hydrogen) atoms. The summed E-state index contributed by atoms with van der Waals surface area (Å²) in [6.07, 6.45) is 6.88. The molecule has 8 heteroatoms. The van der Waals surface area contributed by atoms with Crippen molar-refractivity contribution < 1.29 is 14.3 Å². The van der Waals surface area contributed by atoms with Crippen molar-refractivity contribution in [1.82, 2.24) is 14.9 Å². The van der Waals surface area contributed by atoms with Crippen molar-refractivity contribution in [2.45, 2.75) is 42.7 Å². The number of carbonyl (C=O) groups excluding carboxylic acids is 1. The zero-order valence-corrected chi connectivity index (χ0v) is 21.7. The van der Waals surface area contributed by atoms with Crippen LogP contribution in [0.5, 0.6) is 0 Å². The molecular formula is C28H32N4O3S. The first kappa shape index (κ1) is 24.7. The molecule has 7 nitrogen and oxygen atoms in total. The molecule has 2 aliphatic heterocycles. The van der Waals surface area contributed by atoms with Crippen molar-refractivity contribution in [3.05, 3.63) is 71.5 Å². The number of likely N-dealkylation sites (tertiary alicyclic amines) is 1. The summed E-state index contributed by atoms with van der Waals surface area (Å²) in [5.41, 5.74) is 4.35. The second-order valence-corrected chi connectivity index (χ2v) is 10.3. The summed E-state index contributed by atoms with van der Waals surface area (Å²) in [4.78, 5) is 26.8. The maximum absolute atomic E-state index is 11.9. The van der Waals surface area contributed by atoms with Gasteiger partial charge in [0.1, 0.15) is 11.8 Å². The lowest BCUT2D eigenvalue weighted by atomic mass is 9.89. The molecule has 1 saturated heterocycles. The topological polar surface area (TPSA) is 67.8 Å². The lowest BCUT2D eigenvalue weighted by Crippen LogP contribution is -2.34. The number of nitrogens with zero attached hydrogens (tertiary/aromatic N) is 4. The molecule has 1 fully saturated rings. The van der Waals surface area contributed by atoms with Crippen LogP contribution in [0.1, 0.15) is 41.3 Å². The summed E-state index contributed by atoms with van der Waals surface area (Å²) in [6.45, 7) is 5.79. The van der Waals surface area contributed by atoms with Crippen LogP contribution in [0, 0.1) is 5.92 Å².